The molecule has 3 rings (SSSR count). The summed E-state index contributed by atoms with van der Waals surface area (Å²) in [6.07, 6.45) is 4.82. The summed E-state index contributed by atoms with van der Waals surface area (Å²) in [4.78, 5) is 24.7. The molecule has 0 N–H and O–H groups in total. The summed E-state index contributed by atoms with van der Waals surface area (Å²) in [6, 6.07) is 2.79. The Hall–Kier alpha value is -2.63. The lowest BCUT2D eigenvalue weighted by Gasteiger charge is -2.14. The van der Waals surface area contributed by atoms with Gasteiger partial charge in [-0.05, 0) is 25.8 Å². The Bertz CT molecular complexity index is 867. The summed E-state index contributed by atoms with van der Waals surface area (Å²) in [5.41, 5.74) is -0.0691. The summed E-state index contributed by atoms with van der Waals surface area (Å²) in [6.45, 7) is 5.49. The molecule has 1 aliphatic carbocycles. The second-order valence-corrected chi connectivity index (χ2v) is 5.63. The van der Waals surface area contributed by atoms with Gasteiger partial charge in [-0.15, -0.1) is 0 Å². The van der Waals surface area contributed by atoms with Gasteiger partial charge in [0, 0.05) is 18.3 Å². The first-order valence-electron chi connectivity index (χ1n) is 7.86. The number of rotatable bonds is 6. The third-order valence-electron chi connectivity index (χ3n) is 3.88. The van der Waals surface area contributed by atoms with Crippen molar-refractivity contribution in [3.63, 3.8) is 0 Å². The van der Waals surface area contributed by atoms with Crippen LogP contribution in [-0.2, 0) is 4.74 Å². The van der Waals surface area contributed by atoms with Crippen LogP contribution in [0.3, 0.4) is 0 Å². The van der Waals surface area contributed by atoms with Gasteiger partial charge in [0.2, 0.25) is 5.43 Å². The maximum absolute atomic E-state index is 14.3. The zero-order valence-electron chi connectivity index (χ0n) is 13.4. The molecule has 1 saturated carbocycles. The highest BCUT2D eigenvalue weighted by Crippen LogP contribution is 2.37. The average Bonchev–Trinajstić information content (AvgIpc) is 3.38. The highest BCUT2D eigenvalue weighted by molar-refractivity contribution is 5.94. The molecular formula is C18H18FNO4. The lowest BCUT2D eigenvalue weighted by atomic mass is 10.1. The Kier molecular flexibility index (Phi) is 4.38. The Labute approximate surface area is 138 Å². The number of ether oxygens (including phenoxy) is 2. The minimum absolute atomic E-state index is 0.0390. The van der Waals surface area contributed by atoms with E-state index in [2.05, 4.69) is 6.58 Å². The number of carbonyl (C=O) groups is 1. The van der Waals surface area contributed by atoms with Gasteiger partial charge in [-0.25, -0.2) is 9.18 Å². The van der Waals surface area contributed by atoms with Crippen molar-refractivity contribution in [1.82, 2.24) is 4.57 Å². The number of esters is 1. The van der Waals surface area contributed by atoms with E-state index in [9.17, 15) is 14.0 Å². The third kappa shape index (κ3) is 2.91. The summed E-state index contributed by atoms with van der Waals surface area (Å²) in [7, 11) is 0. The quantitative estimate of drug-likeness (QED) is 0.602. The van der Waals surface area contributed by atoms with Crippen molar-refractivity contribution in [2.45, 2.75) is 25.8 Å². The lowest BCUT2D eigenvalue weighted by molar-refractivity contribution is 0.0524. The number of hydrogen-bond acceptors (Lipinski definition) is 4. The molecule has 24 heavy (non-hydrogen) atoms. The predicted octanol–water partition coefficient (Wildman–Crippen LogP) is 3.22. The zero-order chi connectivity index (χ0) is 17.3. The Morgan fingerprint density at radius 3 is 2.83 bits per heavy atom. The van der Waals surface area contributed by atoms with Crippen LogP contribution in [0.25, 0.3) is 10.9 Å². The van der Waals surface area contributed by atoms with E-state index >= 15 is 0 Å². The molecule has 0 saturated heterocycles. The van der Waals surface area contributed by atoms with Crippen LogP contribution in [0.5, 0.6) is 5.75 Å². The van der Waals surface area contributed by atoms with E-state index in [1.165, 1.54) is 24.4 Å². The highest BCUT2D eigenvalue weighted by Gasteiger charge is 2.27. The van der Waals surface area contributed by atoms with Crippen molar-refractivity contribution >= 4 is 16.9 Å². The van der Waals surface area contributed by atoms with E-state index in [0.29, 0.717) is 5.52 Å². The topological polar surface area (TPSA) is 57.5 Å². The standard InChI is InChI=1S/C18H18FNO4/c1-3-7-24-16-8-12-15(9-14(16)19)20(11-5-6-11)10-13(17(12)21)18(22)23-4-2/h3,8-11H,1,4-7H2,2H3. The first-order chi connectivity index (χ1) is 11.6. The van der Waals surface area contributed by atoms with E-state index in [4.69, 9.17) is 9.47 Å². The molecule has 0 unspecified atom stereocenters. The summed E-state index contributed by atoms with van der Waals surface area (Å²) in [5, 5.41) is 0.243. The first-order valence-corrected chi connectivity index (χ1v) is 7.86. The van der Waals surface area contributed by atoms with Gasteiger partial charge in [-0.3, -0.25) is 4.79 Å². The maximum atomic E-state index is 14.3. The van der Waals surface area contributed by atoms with Crippen LogP contribution in [0, 0.1) is 5.82 Å². The van der Waals surface area contributed by atoms with Gasteiger partial charge in [0.1, 0.15) is 12.2 Å². The predicted molar refractivity (Wildman–Crippen MR) is 88.1 cm³/mol. The maximum Gasteiger partial charge on any atom is 0.343 e. The highest BCUT2D eigenvalue weighted by atomic mass is 19.1. The molecule has 2 aromatic rings. The van der Waals surface area contributed by atoms with Crippen molar-refractivity contribution in [2.75, 3.05) is 13.2 Å². The van der Waals surface area contributed by atoms with Gasteiger partial charge in [-0.1, -0.05) is 12.7 Å². The third-order valence-corrected chi connectivity index (χ3v) is 3.88. The fraction of sp³-hybridized carbons (Fsp3) is 0.333. The minimum Gasteiger partial charge on any atom is -0.486 e. The number of nitrogens with zero attached hydrogens (tertiary/aromatic N) is 1. The van der Waals surface area contributed by atoms with Gasteiger partial charge in [0.25, 0.3) is 0 Å². The van der Waals surface area contributed by atoms with Gasteiger partial charge in [0.05, 0.1) is 17.5 Å². The largest absolute Gasteiger partial charge is 0.486 e. The average molecular weight is 331 g/mol. The first kappa shape index (κ1) is 16.2. The number of aromatic nitrogens is 1. The van der Waals surface area contributed by atoms with Crippen LogP contribution in [0.2, 0.25) is 0 Å². The number of fused-ring (bicyclic) bond motifs is 1. The molecule has 0 bridgehead atoms. The number of benzene rings is 1. The second kappa shape index (κ2) is 6.47. The molecule has 1 aliphatic rings. The molecule has 0 atom stereocenters. The number of pyridine rings is 1. The molecule has 0 radical (unpaired) electrons. The molecule has 6 heteroatoms. The van der Waals surface area contributed by atoms with Crippen molar-refractivity contribution in [2.24, 2.45) is 0 Å². The molecule has 5 nitrogen and oxygen atoms in total. The van der Waals surface area contributed by atoms with Gasteiger partial charge < -0.3 is 14.0 Å². The van der Waals surface area contributed by atoms with Crippen molar-refractivity contribution in [3.05, 3.63) is 52.6 Å². The SMILES string of the molecule is C=CCOc1cc2c(=O)c(C(=O)OCC)cn(C3CC3)c2cc1F. The molecule has 0 aliphatic heterocycles. The zero-order valence-corrected chi connectivity index (χ0v) is 13.4. The Morgan fingerprint density at radius 1 is 1.46 bits per heavy atom. The van der Waals surface area contributed by atoms with E-state index < -0.39 is 17.2 Å². The smallest absolute Gasteiger partial charge is 0.343 e. The lowest BCUT2D eigenvalue weighted by Crippen LogP contribution is -2.21. The molecular weight excluding hydrogens is 313 g/mol. The second-order valence-electron chi connectivity index (χ2n) is 5.63. The monoisotopic (exact) mass is 331 g/mol. The number of carbonyl (C=O) groups excluding carboxylic acids is 1. The Morgan fingerprint density at radius 2 is 2.21 bits per heavy atom. The molecule has 1 aromatic heterocycles. The van der Waals surface area contributed by atoms with Crippen LogP contribution < -0.4 is 10.2 Å². The molecule has 1 fully saturated rings. The van der Waals surface area contributed by atoms with E-state index in [-0.39, 0.29) is 36.0 Å². The fourth-order valence-electron chi connectivity index (χ4n) is 2.62. The van der Waals surface area contributed by atoms with E-state index in [1.54, 1.807) is 11.5 Å². The van der Waals surface area contributed by atoms with Gasteiger partial charge >= 0.3 is 5.97 Å². The van der Waals surface area contributed by atoms with E-state index in [0.717, 1.165) is 12.8 Å². The van der Waals surface area contributed by atoms with Crippen molar-refractivity contribution in [3.8, 4) is 5.75 Å². The molecule has 1 heterocycles. The Balaban J connectivity index is 2.23. The van der Waals surface area contributed by atoms with Gasteiger partial charge in [-0.2, -0.15) is 0 Å². The molecule has 0 amide bonds. The van der Waals surface area contributed by atoms with E-state index in [1.807, 2.05) is 0 Å². The van der Waals surface area contributed by atoms with Gasteiger partial charge in [0.15, 0.2) is 11.6 Å². The molecule has 0 spiro atoms. The minimum atomic E-state index is -0.670. The molecule has 1 aromatic carbocycles. The molecule has 126 valence electrons. The van der Waals surface area contributed by atoms with Crippen LogP contribution >= 0.6 is 0 Å². The van der Waals surface area contributed by atoms with Crippen LogP contribution in [-0.4, -0.2) is 23.8 Å². The van der Waals surface area contributed by atoms with Crippen LogP contribution in [0.1, 0.15) is 36.2 Å². The fourth-order valence-corrected chi connectivity index (χ4v) is 2.62. The van der Waals surface area contributed by atoms with Crippen molar-refractivity contribution < 1.29 is 18.7 Å². The number of halogens is 1. The van der Waals surface area contributed by atoms with Crippen LogP contribution in [0.4, 0.5) is 4.39 Å². The van der Waals surface area contributed by atoms with Crippen molar-refractivity contribution in [1.29, 1.82) is 0 Å². The number of hydrogen-bond donors (Lipinski definition) is 0. The normalized spacial score (nSPS) is 13.8. The summed E-state index contributed by atoms with van der Waals surface area (Å²) >= 11 is 0. The van der Waals surface area contributed by atoms with Crippen LogP contribution in [0.15, 0.2) is 35.8 Å². The summed E-state index contributed by atoms with van der Waals surface area (Å²) in [5.74, 6) is -1.26. The summed E-state index contributed by atoms with van der Waals surface area (Å²) < 4.78 is 26.2.